The summed E-state index contributed by atoms with van der Waals surface area (Å²) in [5.74, 6) is 1.35. The number of hydrogen-bond donors (Lipinski definition) is 4. The summed E-state index contributed by atoms with van der Waals surface area (Å²) < 4.78 is 10.2. The van der Waals surface area contributed by atoms with E-state index in [4.69, 9.17) is 20.3 Å². The standard InChI is InChI=1S/C15H22N2O5S/c1-21-12-6-10(7-13(22-2)14(12)19)4-3-5-23-8-11(16)15(20)17-9-18/h3-4,6-7,11,18-19H,5,8-9,16H2,1-2H3,(H,17,20). The molecule has 5 N–H and O–H groups in total. The summed E-state index contributed by atoms with van der Waals surface area (Å²) in [7, 11) is 2.94. The Morgan fingerprint density at radius 1 is 1.39 bits per heavy atom. The molecule has 0 aliphatic heterocycles. The zero-order chi connectivity index (χ0) is 17.2. The van der Waals surface area contributed by atoms with Gasteiger partial charge in [-0.2, -0.15) is 11.8 Å². The third kappa shape index (κ3) is 6.01. The number of nitrogens with one attached hydrogen (secondary N) is 1. The first kappa shape index (κ1) is 19.1. The third-order valence-corrected chi connectivity index (χ3v) is 3.94. The predicted molar refractivity (Wildman–Crippen MR) is 90.8 cm³/mol. The van der Waals surface area contributed by atoms with Gasteiger partial charge in [0.05, 0.1) is 20.3 Å². The van der Waals surface area contributed by atoms with Gasteiger partial charge in [-0.25, -0.2) is 0 Å². The summed E-state index contributed by atoms with van der Waals surface area (Å²) in [6.45, 7) is -0.415. The summed E-state index contributed by atoms with van der Waals surface area (Å²) in [4.78, 5) is 11.3. The molecule has 0 fully saturated rings. The fourth-order valence-corrected chi connectivity index (χ4v) is 2.52. The van der Waals surface area contributed by atoms with Gasteiger partial charge in [-0.3, -0.25) is 4.79 Å². The zero-order valence-electron chi connectivity index (χ0n) is 13.1. The number of carbonyl (C=O) groups excluding carboxylic acids is 1. The molecule has 0 aromatic heterocycles. The van der Waals surface area contributed by atoms with Crippen molar-refractivity contribution in [3.8, 4) is 17.2 Å². The van der Waals surface area contributed by atoms with Crippen molar-refractivity contribution in [2.24, 2.45) is 5.73 Å². The van der Waals surface area contributed by atoms with E-state index in [0.717, 1.165) is 5.56 Å². The number of ether oxygens (including phenoxy) is 2. The Bertz CT molecular complexity index is 526. The van der Waals surface area contributed by atoms with Gasteiger partial charge in [0.25, 0.3) is 0 Å². The van der Waals surface area contributed by atoms with Gasteiger partial charge in [-0.05, 0) is 17.7 Å². The van der Waals surface area contributed by atoms with Crippen LogP contribution in [0.1, 0.15) is 5.56 Å². The number of phenolic OH excluding ortho intramolecular Hbond substituents is 1. The molecule has 0 bridgehead atoms. The Morgan fingerprint density at radius 2 is 2.00 bits per heavy atom. The molecule has 0 aliphatic rings. The molecule has 0 spiro atoms. The fourth-order valence-electron chi connectivity index (χ4n) is 1.74. The summed E-state index contributed by atoms with van der Waals surface area (Å²) >= 11 is 1.49. The number of benzene rings is 1. The third-order valence-electron chi connectivity index (χ3n) is 2.91. The average molecular weight is 342 g/mol. The number of carbonyl (C=O) groups is 1. The van der Waals surface area contributed by atoms with Crippen LogP contribution in [0.4, 0.5) is 0 Å². The van der Waals surface area contributed by atoms with Crippen LogP contribution in [0.2, 0.25) is 0 Å². The number of aliphatic hydroxyl groups is 1. The van der Waals surface area contributed by atoms with Crippen molar-refractivity contribution in [1.29, 1.82) is 0 Å². The predicted octanol–water partition coefficient (Wildman–Crippen LogP) is 0.549. The molecule has 0 aliphatic carbocycles. The highest BCUT2D eigenvalue weighted by Gasteiger charge is 2.12. The Labute approximate surface area is 139 Å². The lowest BCUT2D eigenvalue weighted by atomic mass is 10.1. The second kappa shape index (κ2) is 9.98. The van der Waals surface area contributed by atoms with Gasteiger partial charge in [-0.15, -0.1) is 0 Å². The number of aliphatic hydroxyl groups excluding tert-OH is 1. The quantitative estimate of drug-likeness (QED) is 0.383. The molecule has 8 heteroatoms. The molecule has 0 saturated heterocycles. The van der Waals surface area contributed by atoms with Gasteiger partial charge < -0.3 is 30.7 Å². The van der Waals surface area contributed by atoms with Gasteiger partial charge in [0.1, 0.15) is 6.73 Å². The van der Waals surface area contributed by atoms with Crippen LogP contribution in [0, 0.1) is 0 Å². The van der Waals surface area contributed by atoms with E-state index in [-0.39, 0.29) is 11.7 Å². The van der Waals surface area contributed by atoms with Gasteiger partial charge in [0.2, 0.25) is 11.7 Å². The van der Waals surface area contributed by atoms with E-state index in [2.05, 4.69) is 5.32 Å². The molecule has 7 nitrogen and oxygen atoms in total. The van der Waals surface area contributed by atoms with Crippen molar-refractivity contribution in [3.63, 3.8) is 0 Å². The number of hydrogen-bond acceptors (Lipinski definition) is 7. The molecule has 1 amide bonds. The Balaban J connectivity index is 2.54. The molecule has 0 heterocycles. The van der Waals surface area contributed by atoms with Crippen LogP contribution in [0.3, 0.4) is 0 Å². The maximum absolute atomic E-state index is 11.3. The van der Waals surface area contributed by atoms with E-state index >= 15 is 0 Å². The highest BCUT2D eigenvalue weighted by atomic mass is 32.2. The van der Waals surface area contributed by atoms with E-state index in [1.54, 1.807) is 12.1 Å². The Hall–Kier alpha value is -1.90. The summed E-state index contributed by atoms with van der Waals surface area (Å²) in [6, 6.07) is 2.73. The first-order chi connectivity index (χ1) is 11.0. The van der Waals surface area contributed by atoms with Crippen LogP contribution in [0.15, 0.2) is 18.2 Å². The highest BCUT2D eigenvalue weighted by Crippen LogP contribution is 2.37. The highest BCUT2D eigenvalue weighted by molar-refractivity contribution is 7.99. The number of rotatable bonds is 9. The van der Waals surface area contributed by atoms with Crippen molar-refractivity contribution >= 4 is 23.7 Å². The van der Waals surface area contributed by atoms with Crippen LogP contribution in [-0.4, -0.2) is 54.6 Å². The minimum atomic E-state index is -0.658. The largest absolute Gasteiger partial charge is 0.502 e. The fraction of sp³-hybridized carbons (Fsp3) is 0.400. The van der Waals surface area contributed by atoms with Gasteiger partial charge in [0.15, 0.2) is 11.5 Å². The second-order valence-corrected chi connectivity index (χ2v) is 5.59. The molecule has 0 saturated carbocycles. The molecular weight excluding hydrogens is 320 g/mol. The molecular formula is C15H22N2O5S. The molecule has 1 aromatic rings. The van der Waals surface area contributed by atoms with Crippen molar-refractivity contribution in [2.75, 3.05) is 32.5 Å². The molecule has 23 heavy (non-hydrogen) atoms. The Kier molecular flexibility index (Phi) is 8.31. The average Bonchev–Trinajstić information content (AvgIpc) is 2.55. The van der Waals surface area contributed by atoms with Crippen molar-refractivity contribution < 1.29 is 24.5 Å². The molecule has 1 rings (SSSR count). The topological polar surface area (TPSA) is 114 Å². The lowest BCUT2D eigenvalue weighted by molar-refractivity contribution is -0.122. The first-order valence-corrected chi connectivity index (χ1v) is 8.02. The number of methoxy groups -OCH3 is 2. The second-order valence-electron chi connectivity index (χ2n) is 4.52. The van der Waals surface area contributed by atoms with Crippen molar-refractivity contribution in [2.45, 2.75) is 6.04 Å². The van der Waals surface area contributed by atoms with E-state index in [1.807, 2.05) is 12.2 Å². The molecule has 1 unspecified atom stereocenters. The van der Waals surface area contributed by atoms with Gasteiger partial charge in [0, 0.05) is 11.5 Å². The summed E-state index contributed by atoms with van der Waals surface area (Å²) in [5.41, 5.74) is 6.48. The van der Waals surface area contributed by atoms with Crippen LogP contribution >= 0.6 is 11.8 Å². The number of amides is 1. The van der Waals surface area contributed by atoms with Crippen molar-refractivity contribution in [1.82, 2.24) is 5.32 Å². The van der Waals surface area contributed by atoms with E-state index in [9.17, 15) is 9.90 Å². The van der Waals surface area contributed by atoms with Crippen LogP contribution in [-0.2, 0) is 4.79 Å². The number of nitrogens with two attached hydrogens (primary N) is 1. The smallest absolute Gasteiger partial charge is 0.239 e. The maximum atomic E-state index is 11.3. The molecule has 128 valence electrons. The molecule has 1 aromatic carbocycles. The lowest BCUT2D eigenvalue weighted by Crippen LogP contribution is -2.42. The Morgan fingerprint density at radius 3 is 2.52 bits per heavy atom. The molecule has 0 radical (unpaired) electrons. The van der Waals surface area contributed by atoms with E-state index in [1.165, 1.54) is 26.0 Å². The summed E-state index contributed by atoms with van der Waals surface area (Å²) in [6.07, 6.45) is 3.77. The van der Waals surface area contributed by atoms with Crippen LogP contribution in [0.5, 0.6) is 17.2 Å². The number of phenols is 1. The monoisotopic (exact) mass is 342 g/mol. The van der Waals surface area contributed by atoms with Crippen LogP contribution < -0.4 is 20.5 Å². The van der Waals surface area contributed by atoms with Gasteiger partial charge in [-0.1, -0.05) is 12.2 Å². The minimum absolute atomic E-state index is 0.0394. The number of thioether (sulfide) groups is 1. The summed E-state index contributed by atoms with van der Waals surface area (Å²) in [5, 5.41) is 20.7. The SMILES string of the molecule is COc1cc(C=CCSCC(N)C(=O)NCO)cc(OC)c1O. The van der Waals surface area contributed by atoms with E-state index in [0.29, 0.717) is 23.0 Å². The normalized spacial score (nSPS) is 12.2. The van der Waals surface area contributed by atoms with Crippen LogP contribution in [0.25, 0.3) is 6.08 Å². The first-order valence-electron chi connectivity index (χ1n) is 6.86. The maximum Gasteiger partial charge on any atom is 0.239 e. The van der Waals surface area contributed by atoms with Crippen molar-refractivity contribution in [3.05, 3.63) is 23.8 Å². The lowest BCUT2D eigenvalue weighted by Gasteiger charge is -2.10. The van der Waals surface area contributed by atoms with E-state index < -0.39 is 12.8 Å². The zero-order valence-corrected chi connectivity index (χ0v) is 13.9. The van der Waals surface area contributed by atoms with Gasteiger partial charge >= 0.3 is 0 Å². The number of aromatic hydroxyl groups is 1. The molecule has 1 atom stereocenters. The minimum Gasteiger partial charge on any atom is -0.502 e.